The number of carbonyl (C=O) groups excluding carboxylic acids is 6. The number of carbonyl (C=O) groups is 6. The zero-order valence-electron chi connectivity index (χ0n) is 26.8. The minimum Gasteiger partial charge on any atom is -0.361 e. The molecule has 0 bridgehead atoms. The average molecular weight is 630 g/mol. The molecule has 0 saturated carbocycles. The molecule has 2 fully saturated rings. The maximum Gasteiger partial charge on any atom is 0.284 e. The van der Waals surface area contributed by atoms with Crippen LogP contribution >= 0.6 is 0 Å². The molecule has 3 atom stereocenters. The zero-order valence-corrected chi connectivity index (χ0v) is 26.8. The van der Waals surface area contributed by atoms with Crippen LogP contribution in [0.1, 0.15) is 68.3 Å². The van der Waals surface area contributed by atoms with Crippen LogP contribution in [-0.2, 0) is 30.4 Å². The van der Waals surface area contributed by atoms with Gasteiger partial charge in [-0.25, -0.2) is 0 Å². The third-order valence-corrected chi connectivity index (χ3v) is 6.88. The largest absolute Gasteiger partial charge is 0.361 e. The van der Waals surface area contributed by atoms with Gasteiger partial charge in [0.2, 0.25) is 18.1 Å². The Morgan fingerprint density at radius 2 is 1.87 bits per heavy atom. The number of amides is 4. The van der Waals surface area contributed by atoms with Crippen LogP contribution in [-0.4, -0.2) is 96.6 Å². The standard InChI is InChI=1S/C17H20N4O3.C8H16N2O.C5H9NO2.CH2O/c1-12-9-14(20-24-12)16(22)19-15(10-13-5-4-6-18-11-13)17(23)21-7-2-3-8-21;1-6(9-2)5-7-3-4-10-8(7)11;1-4(2)6-5(8)3-7;1-2/h4-6,9,11,15H,2-3,7-8,10H2,1H3,(H,19,22);6-7,9H,3-5H2,1-2H3,(H,10,11);3-4H,1-2H3,(H,6,8);1H2. The highest BCUT2D eigenvalue weighted by atomic mass is 16.5. The van der Waals surface area contributed by atoms with Crippen LogP contribution in [0.25, 0.3) is 0 Å². The van der Waals surface area contributed by atoms with Gasteiger partial charge in [-0.1, -0.05) is 11.2 Å². The van der Waals surface area contributed by atoms with Gasteiger partial charge in [-0.05, 0) is 72.1 Å². The Labute approximate surface area is 264 Å². The molecule has 0 spiro atoms. The van der Waals surface area contributed by atoms with E-state index in [-0.39, 0.29) is 35.8 Å². The summed E-state index contributed by atoms with van der Waals surface area (Å²) in [6, 6.07) is 5.11. The predicted molar refractivity (Wildman–Crippen MR) is 167 cm³/mol. The van der Waals surface area contributed by atoms with E-state index in [1.165, 1.54) is 0 Å². The zero-order chi connectivity index (χ0) is 33.8. The van der Waals surface area contributed by atoms with Crippen molar-refractivity contribution >= 4 is 36.7 Å². The number of aryl methyl sites for hydroxylation is 1. The van der Waals surface area contributed by atoms with E-state index in [4.69, 9.17) is 9.32 Å². The average Bonchev–Trinajstić information content (AvgIpc) is 3.82. The fourth-order valence-corrected chi connectivity index (χ4v) is 4.55. The number of aldehydes is 1. The number of pyridine rings is 1. The van der Waals surface area contributed by atoms with Crippen molar-refractivity contribution in [2.24, 2.45) is 5.92 Å². The summed E-state index contributed by atoms with van der Waals surface area (Å²) in [5.74, 6) is -0.00224. The lowest BCUT2D eigenvalue weighted by atomic mass is 10.00. The van der Waals surface area contributed by atoms with Gasteiger partial charge in [0.25, 0.3) is 11.8 Å². The van der Waals surface area contributed by atoms with Crippen molar-refractivity contribution in [3.05, 3.63) is 47.6 Å². The number of hydrogen-bond donors (Lipinski definition) is 4. The second-order valence-corrected chi connectivity index (χ2v) is 10.9. The monoisotopic (exact) mass is 629 g/mol. The van der Waals surface area contributed by atoms with Gasteiger partial charge in [0.05, 0.1) is 0 Å². The lowest BCUT2D eigenvalue weighted by molar-refractivity contribution is -0.132. The third kappa shape index (κ3) is 14.7. The first-order valence-electron chi connectivity index (χ1n) is 14.9. The van der Waals surface area contributed by atoms with Crippen LogP contribution < -0.4 is 21.3 Å². The molecule has 0 radical (unpaired) electrons. The fraction of sp³-hybridized carbons (Fsp3) is 0.548. The van der Waals surface area contributed by atoms with Crippen LogP contribution in [0.4, 0.5) is 0 Å². The predicted octanol–water partition coefficient (Wildman–Crippen LogP) is 0.987. The molecule has 2 aromatic rings. The van der Waals surface area contributed by atoms with Gasteiger partial charge < -0.3 is 35.5 Å². The van der Waals surface area contributed by atoms with E-state index in [0.29, 0.717) is 18.2 Å². The minimum absolute atomic E-state index is 0.0488. The van der Waals surface area contributed by atoms with Gasteiger partial charge in [-0.15, -0.1) is 0 Å². The van der Waals surface area contributed by atoms with Crippen molar-refractivity contribution in [3.8, 4) is 0 Å². The molecule has 0 aromatic carbocycles. The molecule has 2 aliphatic rings. The highest BCUT2D eigenvalue weighted by Gasteiger charge is 2.29. The van der Waals surface area contributed by atoms with Crippen molar-refractivity contribution < 1.29 is 33.3 Å². The lowest BCUT2D eigenvalue weighted by Gasteiger charge is -2.23. The second kappa shape index (κ2) is 21.3. The number of rotatable bonds is 10. The Kier molecular flexibility index (Phi) is 18.2. The Morgan fingerprint density at radius 1 is 1.18 bits per heavy atom. The minimum atomic E-state index is -0.642. The Morgan fingerprint density at radius 3 is 2.33 bits per heavy atom. The fourth-order valence-electron chi connectivity index (χ4n) is 4.55. The molecule has 2 saturated heterocycles. The van der Waals surface area contributed by atoms with Gasteiger partial charge in [0.1, 0.15) is 18.6 Å². The highest BCUT2D eigenvalue weighted by Crippen LogP contribution is 2.15. The Bertz CT molecular complexity index is 1200. The molecule has 14 heteroatoms. The Hall–Kier alpha value is -4.46. The molecule has 45 heavy (non-hydrogen) atoms. The summed E-state index contributed by atoms with van der Waals surface area (Å²) in [6.45, 7) is 11.7. The maximum absolute atomic E-state index is 12.8. The molecule has 248 valence electrons. The van der Waals surface area contributed by atoms with E-state index < -0.39 is 17.9 Å². The molecule has 4 N–H and O–H groups in total. The molecular formula is C31H47N7O7. The lowest BCUT2D eigenvalue weighted by Crippen LogP contribution is -2.49. The van der Waals surface area contributed by atoms with Crippen molar-refractivity contribution in [2.45, 2.75) is 77.9 Å². The van der Waals surface area contributed by atoms with E-state index in [1.54, 1.807) is 44.1 Å². The van der Waals surface area contributed by atoms with E-state index >= 15 is 0 Å². The first-order chi connectivity index (χ1) is 21.5. The number of likely N-dealkylation sites (tertiary alicyclic amines) is 1. The van der Waals surface area contributed by atoms with E-state index in [2.05, 4.69) is 38.3 Å². The molecule has 0 aliphatic carbocycles. The molecule has 14 nitrogen and oxygen atoms in total. The topological polar surface area (TPSA) is 193 Å². The van der Waals surface area contributed by atoms with Crippen LogP contribution in [0, 0.1) is 12.8 Å². The molecule has 4 heterocycles. The van der Waals surface area contributed by atoms with Crippen molar-refractivity contribution in [2.75, 3.05) is 26.7 Å². The first-order valence-corrected chi connectivity index (χ1v) is 14.9. The maximum atomic E-state index is 12.8. The van der Waals surface area contributed by atoms with Gasteiger partial charge in [-0.2, -0.15) is 0 Å². The third-order valence-electron chi connectivity index (χ3n) is 6.88. The molecule has 3 unspecified atom stereocenters. The van der Waals surface area contributed by atoms with Crippen molar-refractivity contribution in [1.29, 1.82) is 0 Å². The molecule has 4 rings (SSSR count). The summed E-state index contributed by atoms with van der Waals surface area (Å²) in [5, 5.41) is 14.8. The Balaban J connectivity index is 0.000000399. The van der Waals surface area contributed by atoms with Crippen molar-refractivity contribution in [3.63, 3.8) is 0 Å². The van der Waals surface area contributed by atoms with Gasteiger partial charge in [0.15, 0.2) is 5.69 Å². The van der Waals surface area contributed by atoms with Gasteiger partial charge in [-0.3, -0.25) is 29.0 Å². The van der Waals surface area contributed by atoms with Crippen LogP contribution in [0.2, 0.25) is 0 Å². The van der Waals surface area contributed by atoms with Crippen LogP contribution in [0.5, 0.6) is 0 Å². The SMILES string of the molecule is C=O.CC(C)NC(=O)C=O.CNC(C)CC1CCNC1=O.Cc1cc(C(=O)NC(Cc2cccnc2)C(=O)N2CCCC2)no1. The van der Waals surface area contributed by atoms with Gasteiger partial charge in [0, 0.05) is 62.5 Å². The smallest absolute Gasteiger partial charge is 0.284 e. The molecule has 4 amide bonds. The number of hydrogen-bond acceptors (Lipinski definition) is 10. The summed E-state index contributed by atoms with van der Waals surface area (Å²) in [7, 11) is 1.93. The summed E-state index contributed by atoms with van der Waals surface area (Å²) < 4.78 is 4.93. The van der Waals surface area contributed by atoms with E-state index in [9.17, 15) is 24.0 Å². The van der Waals surface area contributed by atoms with Crippen molar-refractivity contribution in [1.82, 2.24) is 36.3 Å². The quantitative estimate of drug-likeness (QED) is 0.218. The highest BCUT2D eigenvalue weighted by molar-refractivity contribution is 6.23. The van der Waals surface area contributed by atoms with Crippen LogP contribution in [0.3, 0.4) is 0 Å². The summed E-state index contributed by atoms with van der Waals surface area (Å²) >= 11 is 0. The summed E-state index contributed by atoms with van der Waals surface area (Å²) in [4.78, 5) is 69.9. The first kappa shape index (κ1) is 38.6. The molecule has 2 aliphatic heterocycles. The van der Waals surface area contributed by atoms with E-state index in [1.807, 2.05) is 26.0 Å². The van der Waals surface area contributed by atoms with Gasteiger partial charge >= 0.3 is 0 Å². The normalized spacial score (nSPS) is 16.4. The molecular weight excluding hydrogens is 582 g/mol. The number of nitrogens with one attached hydrogen (secondary N) is 4. The second-order valence-electron chi connectivity index (χ2n) is 10.9. The number of nitrogens with zero attached hydrogens (tertiary/aromatic N) is 3. The van der Waals surface area contributed by atoms with Crippen LogP contribution in [0.15, 0.2) is 35.1 Å². The summed E-state index contributed by atoms with van der Waals surface area (Å²) in [5.41, 5.74) is 1.07. The van der Waals surface area contributed by atoms with E-state index in [0.717, 1.165) is 50.9 Å². The molecule has 2 aromatic heterocycles. The number of aromatic nitrogens is 2. The summed E-state index contributed by atoms with van der Waals surface area (Å²) in [6.07, 6.45) is 8.01.